The average Bonchev–Trinajstić information content (AvgIpc) is 2.83. The first-order valence-corrected chi connectivity index (χ1v) is 7.17. The van der Waals surface area contributed by atoms with Gasteiger partial charge in [-0.25, -0.2) is 4.39 Å². The maximum absolute atomic E-state index is 13.2. The van der Waals surface area contributed by atoms with Gasteiger partial charge < -0.3 is 20.9 Å². The van der Waals surface area contributed by atoms with Crippen molar-refractivity contribution in [2.75, 3.05) is 13.2 Å². The molecule has 20 heavy (non-hydrogen) atoms. The molecular formula is C14H20ClFN2O2. The fourth-order valence-corrected chi connectivity index (χ4v) is 2.44. The van der Waals surface area contributed by atoms with Crippen molar-refractivity contribution in [1.82, 2.24) is 5.32 Å². The fraction of sp³-hybridized carbons (Fsp3) is 0.571. The van der Waals surface area contributed by atoms with Crippen LogP contribution in [0.2, 0.25) is 5.02 Å². The minimum absolute atomic E-state index is 0.0529. The van der Waals surface area contributed by atoms with E-state index in [4.69, 9.17) is 22.1 Å². The molecule has 0 radical (unpaired) electrons. The van der Waals surface area contributed by atoms with Crippen molar-refractivity contribution >= 4 is 11.6 Å². The van der Waals surface area contributed by atoms with E-state index in [1.165, 1.54) is 12.1 Å². The van der Waals surface area contributed by atoms with Crippen LogP contribution < -0.4 is 15.8 Å². The van der Waals surface area contributed by atoms with Crippen molar-refractivity contribution in [3.63, 3.8) is 0 Å². The molecule has 1 saturated carbocycles. The Kier molecular flexibility index (Phi) is 5.60. The Balaban J connectivity index is 1.69. The van der Waals surface area contributed by atoms with Crippen LogP contribution in [0.4, 0.5) is 4.39 Å². The van der Waals surface area contributed by atoms with Gasteiger partial charge >= 0.3 is 0 Å². The monoisotopic (exact) mass is 302 g/mol. The molecule has 2 rings (SSSR count). The number of nitrogens with one attached hydrogen (secondary N) is 1. The van der Waals surface area contributed by atoms with Crippen LogP contribution in [0.3, 0.4) is 0 Å². The first-order chi connectivity index (χ1) is 9.54. The molecule has 0 bridgehead atoms. The molecule has 0 saturated heterocycles. The molecule has 0 spiro atoms. The summed E-state index contributed by atoms with van der Waals surface area (Å²) in [5.41, 5.74) is 5.82. The van der Waals surface area contributed by atoms with Crippen LogP contribution in [0, 0.1) is 5.82 Å². The zero-order chi connectivity index (χ0) is 14.5. The second kappa shape index (κ2) is 7.22. The second-order valence-electron chi connectivity index (χ2n) is 5.22. The summed E-state index contributed by atoms with van der Waals surface area (Å²) >= 11 is 5.58. The molecule has 3 atom stereocenters. The lowest BCUT2D eigenvalue weighted by atomic mass is 10.2. The molecule has 1 fully saturated rings. The van der Waals surface area contributed by atoms with Crippen molar-refractivity contribution in [3.05, 3.63) is 29.0 Å². The van der Waals surface area contributed by atoms with E-state index >= 15 is 0 Å². The maximum atomic E-state index is 13.2. The summed E-state index contributed by atoms with van der Waals surface area (Å²) in [7, 11) is 0. The Hall–Kier alpha value is -0.880. The number of hydrogen-bond acceptors (Lipinski definition) is 4. The van der Waals surface area contributed by atoms with Crippen molar-refractivity contribution in [2.24, 2.45) is 5.73 Å². The van der Waals surface area contributed by atoms with Crippen LogP contribution in [-0.2, 0) is 0 Å². The number of ether oxygens (including phenoxy) is 1. The second-order valence-corrected chi connectivity index (χ2v) is 5.63. The Morgan fingerprint density at radius 3 is 2.95 bits per heavy atom. The first-order valence-electron chi connectivity index (χ1n) is 6.79. The highest BCUT2D eigenvalue weighted by atomic mass is 35.5. The lowest BCUT2D eigenvalue weighted by Crippen LogP contribution is -2.37. The van der Waals surface area contributed by atoms with Crippen LogP contribution >= 0.6 is 11.6 Å². The Morgan fingerprint density at radius 1 is 1.50 bits per heavy atom. The van der Waals surface area contributed by atoms with Gasteiger partial charge in [-0.2, -0.15) is 0 Å². The van der Waals surface area contributed by atoms with Gasteiger partial charge in [0.2, 0.25) is 0 Å². The highest BCUT2D eigenvalue weighted by Crippen LogP contribution is 2.20. The van der Waals surface area contributed by atoms with Gasteiger partial charge in [0.25, 0.3) is 0 Å². The number of rotatable bonds is 6. The van der Waals surface area contributed by atoms with Crippen LogP contribution in [0.25, 0.3) is 0 Å². The number of aliphatic hydroxyl groups excluding tert-OH is 1. The highest BCUT2D eigenvalue weighted by molar-refractivity contribution is 6.30. The molecule has 2 unspecified atom stereocenters. The summed E-state index contributed by atoms with van der Waals surface area (Å²) in [4.78, 5) is 0. The minimum Gasteiger partial charge on any atom is -0.491 e. The third-order valence-corrected chi connectivity index (χ3v) is 3.76. The van der Waals surface area contributed by atoms with E-state index in [1.54, 1.807) is 6.07 Å². The lowest BCUT2D eigenvalue weighted by Gasteiger charge is -2.17. The van der Waals surface area contributed by atoms with E-state index in [-0.39, 0.29) is 17.7 Å². The number of aliphatic hydroxyl groups is 1. The van der Waals surface area contributed by atoms with Crippen LogP contribution in [-0.4, -0.2) is 36.4 Å². The maximum Gasteiger partial charge on any atom is 0.145 e. The summed E-state index contributed by atoms with van der Waals surface area (Å²) in [5, 5.41) is 13.1. The van der Waals surface area contributed by atoms with E-state index in [9.17, 15) is 9.50 Å². The fourth-order valence-electron chi connectivity index (χ4n) is 2.32. The standard InChI is InChI=1S/C14H20ClFN2O2/c15-13-4-3-12(6-14(13)16)20-8-11(19)7-18-10-2-1-9(17)5-10/h3-4,6,9-11,18-19H,1-2,5,7-8,17H2/t9?,10-,11?/m0/s1. The Bertz CT molecular complexity index is 447. The van der Waals surface area contributed by atoms with Gasteiger partial charge in [0.05, 0.1) is 5.02 Å². The van der Waals surface area contributed by atoms with E-state index in [0.29, 0.717) is 18.3 Å². The predicted octanol–water partition coefficient (Wildman–Crippen LogP) is 1.69. The molecule has 4 nitrogen and oxygen atoms in total. The minimum atomic E-state index is -0.648. The molecule has 112 valence electrons. The summed E-state index contributed by atoms with van der Waals surface area (Å²) in [6.07, 6.45) is 2.35. The molecular weight excluding hydrogens is 283 g/mol. The molecule has 1 aliphatic rings. The van der Waals surface area contributed by atoms with E-state index in [0.717, 1.165) is 19.3 Å². The first kappa shape index (κ1) is 15.5. The molecule has 0 aliphatic heterocycles. The number of halogens is 2. The lowest BCUT2D eigenvalue weighted by molar-refractivity contribution is 0.103. The molecule has 1 aromatic carbocycles. The van der Waals surface area contributed by atoms with E-state index in [1.807, 2.05) is 0 Å². The quantitative estimate of drug-likeness (QED) is 0.748. The summed E-state index contributed by atoms with van der Waals surface area (Å²) in [6, 6.07) is 4.84. The summed E-state index contributed by atoms with van der Waals surface area (Å²) < 4.78 is 18.5. The Morgan fingerprint density at radius 2 is 2.30 bits per heavy atom. The van der Waals surface area contributed by atoms with Gasteiger partial charge in [-0.15, -0.1) is 0 Å². The average molecular weight is 303 g/mol. The van der Waals surface area contributed by atoms with E-state index in [2.05, 4.69) is 5.32 Å². The van der Waals surface area contributed by atoms with Gasteiger partial charge in [-0.3, -0.25) is 0 Å². The summed E-state index contributed by atoms with van der Waals surface area (Å²) in [6.45, 7) is 0.542. The van der Waals surface area contributed by atoms with Crippen molar-refractivity contribution in [1.29, 1.82) is 0 Å². The SMILES string of the molecule is NC1CC[C@H](NCC(O)COc2ccc(Cl)c(F)c2)C1. The van der Waals surface area contributed by atoms with Gasteiger partial charge in [0.1, 0.15) is 24.3 Å². The van der Waals surface area contributed by atoms with Crippen molar-refractivity contribution in [3.8, 4) is 5.75 Å². The van der Waals surface area contributed by atoms with Gasteiger partial charge in [-0.1, -0.05) is 11.6 Å². The van der Waals surface area contributed by atoms with Crippen LogP contribution in [0.1, 0.15) is 19.3 Å². The molecule has 0 aromatic heterocycles. The highest BCUT2D eigenvalue weighted by Gasteiger charge is 2.21. The summed E-state index contributed by atoms with van der Waals surface area (Å²) in [5.74, 6) is -0.175. The number of nitrogens with two attached hydrogens (primary N) is 1. The van der Waals surface area contributed by atoms with Gasteiger partial charge in [-0.05, 0) is 31.4 Å². The molecule has 0 heterocycles. The normalized spacial score (nSPS) is 23.8. The van der Waals surface area contributed by atoms with Crippen LogP contribution in [0.5, 0.6) is 5.75 Å². The topological polar surface area (TPSA) is 67.5 Å². The third-order valence-electron chi connectivity index (χ3n) is 3.45. The molecule has 4 N–H and O–H groups in total. The zero-order valence-electron chi connectivity index (χ0n) is 11.2. The molecule has 0 amide bonds. The van der Waals surface area contributed by atoms with Crippen LogP contribution in [0.15, 0.2) is 18.2 Å². The van der Waals surface area contributed by atoms with Gasteiger partial charge in [0.15, 0.2) is 0 Å². The number of benzene rings is 1. The zero-order valence-corrected chi connectivity index (χ0v) is 11.9. The molecule has 1 aromatic rings. The molecule has 1 aliphatic carbocycles. The number of hydrogen-bond donors (Lipinski definition) is 3. The Labute approximate surface area is 123 Å². The predicted molar refractivity (Wildman–Crippen MR) is 76.5 cm³/mol. The van der Waals surface area contributed by atoms with Crippen molar-refractivity contribution < 1.29 is 14.2 Å². The molecule has 6 heteroatoms. The largest absolute Gasteiger partial charge is 0.491 e. The third kappa shape index (κ3) is 4.59. The van der Waals surface area contributed by atoms with E-state index < -0.39 is 11.9 Å². The van der Waals surface area contributed by atoms with Gasteiger partial charge in [0, 0.05) is 24.7 Å². The smallest absolute Gasteiger partial charge is 0.145 e. The van der Waals surface area contributed by atoms with Crippen molar-refractivity contribution in [2.45, 2.75) is 37.5 Å².